The van der Waals surface area contributed by atoms with Crippen LogP contribution in [0.25, 0.3) is 0 Å². The third-order valence-electron chi connectivity index (χ3n) is 4.25. The van der Waals surface area contributed by atoms with Gasteiger partial charge in [0.15, 0.2) is 0 Å². The molecule has 1 atom stereocenters. The Bertz CT molecular complexity index is 553. The fraction of sp³-hybridized carbons (Fsp3) is 0.389. The molecule has 3 rings (SSSR count). The quantitative estimate of drug-likeness (QED) is 0.844. The van der Waals surface area contributed by atoms with Crippen LogP contribution in [0.4, 0.5) is 4.39 Å². The van der Waals surface area contributed by atoms with Crippen molar-refractivity contribution in [1.82, 2.24) is 9.88 Å². The number of hydrogen-bond donors (Lipinski definition) is 0. The summed E-state index contributed by atoms with van der Waals surface area (Å²) in [7, 11) is 0. The molecule has 21 heavy (non-hydrogen) atoms. The van der Waals surface area contributed by atoms with Crippen molar-refractivity contribution >= 4 is 0 Å². The van der Waals surface area contributed by atoms with Crippen LogP contribution < -0.4 is 0 Å². The van der Waals surface area contributed by atoms with E-state index in [1.54, 1.807) is 12.1 Å². The molecular weight excluding hydrogens is 263 g/mol. The molecule has 2 aromatic rings. The van der Waals surface area contributed by atoms with Gasteiger partial charge in [-0.3, -0.25) is 9.88 Å². The van der Waals surface area contributed by atoms with Crippen molar-refractivity contribution in [1.29, 1.82) is 0 Å². The van der Waals surface area contributed by atoms with Gasteiger partial charge in [0.25, 0.3) is 0 Å². The van der Waals surface area contributed by atoms with Gasteiger partial charge in [-0.05, 0) is 49.2 Å². The zero-order valence-corrected chi connectivity index (χ0v) is 12.2. The second-order valence-electron chi connectivity index (χ2n) is 5.67. The van der Waals surface area contributed by atoms with Gasteiger partial charge in [-0.25, -0.2) is 4.39 Å². The van der Waals surface area contributed by atoms with Gasteiger partial charge in [0.2, 0.25) is 0 Å². The van der Waals surface area contributed by atoms with Gasteiger partial charge in [0, 0.05) is 30.9 Å². The average molecular weight is 284 g/mol. The monoisotopic (exact) mass is 284 g/mol. The van der Waals surface area contributed by atoms with Crippen LogP contribution in [-0.4, -0.2) is 23.0 Å². The van der Waals surface area contributed by atoms with Gasteiger partial charge in [0.1, 0.15) is 5.82 Å². The molecule has 0 amide bonds. The normalized spacial score (nSPS) is 19.6. The second-order valence-corrected chi connectivity index (χ2v) is 5.67. The molecule has 1 saturated heterocycles. The molecule has 0 radical (unpaired) electrons. The number of hydrogen-bond acceptors (Lipinski definition) is 2. The lowest BCUT2D eigenvalue weighted by Gasteiger charge is -2.36. The first-order valence-corrected chi connectivity index (χ1v) is 7.72. The highest BCUT2D eigenvalue weighted by molar-refractivity contribution is 5.20. The van der Waals surface area contributed by atoms with E-state index < -0.39 is 0 Å². The van der Waals surface area contributed by atoms with E-state index in [4.69, 9.17) is 0 Å². The molecule has 1 fully saturated rings. The molecule has 3 heteroatoms. The molecule has 0 aliphatic carbocycles. The van der Waals surface area contributed by atoms with Crippen molar-refractivity contribution < 1.29 is 4.39 Å². The van der Waals surface area contributed by atoms with Gasteiger partial charge in [0.05, 0.1) is 0 Å². The fourth-order valence-corrected chi connectivity index (χ4v) is 3.13. The van der Waals surface area contributed by atoms with Crippen LogP contribution in [0.5, 0.6) is 0 Å². The van der Waals surface area contributed by atoms with E-state index in [9.17, 15) is 4.39 Å². The molecule has 0 N–H and O–H groups in total. The summed E-state index contributed by atoms with van der Waals surface area (Å²) in [6.07, 6.45) is 6.48. The summed E-state index contributed by atoms with van der Waals surface area (Å²) in [4.78, 5) is 6.92. The summed E-state index contributed by atoms with van der Waals surface area (Å²) < 4.78 is 13.1. The van der Waals surface area contributed by atoms with Crippen molar-refractivity contribution in [3.8, 4) is 0 Å². The lowest BCUT2D eigenvalue weighted by atomic mass is 9.95. The molecule has 0 bridgehead atoms. The Morgan fingerprint density at radius 1 is 1.10 bits per heavy atom. The number of nitrogens with zero attached hydrogens (tertiary/aromatic N) is 2. The van der Waals surface area contributed by atoms with Crippen LogP contribution >= 0.6 is 0 Å². The first kappa shape index (κ1) is 14.2. The van der Waals surface area contributed by atoms with E-state index in [-0.39, 0.29) is 5.82 Å². The third kappa shape index (κ3) is 3.67. The Morgan fingerprint density at radius 2 is 1.95 bits per heavy atom. The summed E-state index contributed by atoms with van der Waals surface area (Å²) in [5.41, 5.74) is 2.37. The van der Waals surface area contributed by atoms with E-state index >= 15 is 0 Å². The van der Waals surface area contributed by atoms with E-state index in [0.29, 0.717) is 6.04 Å². The molecule has 0 saturated carbocycles. The average Bonchev–Trinajstić information content (AvgIpc) is 2.55. The molecule has 1 aliphatic rings. The molecule has 1 aliphatic heterocycles. The van der Waals surface area contributed by atoms with E-state index in [0.717, 1.165) is 31.6 Å². The lowest BCUT2D eigenvalue weighted by Crippen LogP contribution is -2.35. The maximum Gasteiger partial charge on any atom is 0.123 e. The Balaban J connectivity index is 1.68. The summed E-state index contributed by atoms with van der Waals surface area (Å²) in [5.74, 6) is -0.158. The van der Waals surface area contributed by atoms with E-state index in [2.05, 4.69) is 16.0 Å². The molecule has 110 valence electrons. The summed E-state index contributed by atoms with van der Waals surface area (Å²) in [6, 6.07) is 13.5. The Hall–Kier alpha value is -1.74. The number of rotatable bonds is 4. The van der Waals surface area contributed by atoms with Gasteiger partial charge in [-0.15, -0.1) is 0 Å². The van der Waals surface area contributed by atoms with Gasteiger partial charge >= 0.3 is 0 Å². The highest BCUT2D eigenvalue weighted by Crippen LogP contribution is 2.30. The molecule has 2 heterocycles. The lowest BCUT2D eigenvalue weighted by molar-refractivity contribution is 0.150. The van der Waals surface area contributed by atoms with Crippen molar-refractivity contribution in [2.75, 3.05) is 13.1 Å². The van der Waals surface area contributed by atoms with E-state index in [1.165, 1.54) is 18.4 Å². The minimum absolute atomic E-state index is 0.158. The molecular formula is C18H21FN2. The van der Waals surface area contributed by atoms with Crippen molar-refractivity contribution in [3.05, 3.63) is 65.7 Å². The van der Waals surface area contributed by atoms with Crippen LogP contribution in [-0.2, 0) is 6.42 Å². The molecule has 1 aromatic carbocycles. The highest BCUT2D eigenvalue weighted by Gasteiger charge is 2.23. The first-order chi connectivity index (χ1) is 10.3. The number of pyridine rings is 1. The van der Waals surface area contributed by atoms with Crippen LogP contribution in [0.2, 0.25) is 0 Å². The summed E-state index contributed by atoms with van der Waals surface area (Å²) in [6.45, 7) is 2.13. The fourth-order valence-electron chi connectivity index (χ4n) is 3.13. The zero-order chi connectivity index (χ0) is 14.5. The zero-order valence-electron chi connectivity index (χ0n) is 12.2. The molecule has 2 nitrogen and oxygen atoms in total. The van der Waals surface area contributed by atoms with Crippen LogP contribution in [0.15, 0.2) is 48.7 Å². The number of aromatic nitrogens is 1. The predicted octanol–water partition coefficient (Wildman–Crippen LogP) is 3.99. The SMILES string of the molecule is Fc1ccc([C@H]2CCCCN2CCc2ccccn2)cc1. The molecule has 1 aromatic heterocycles. The maximum absolute atomic E-state index is 13.1. The van der Waals surface area contributed by atoms with Crippen molar-refractivity contribution in [3.63, 3.8) is 0 Å². The minimum atomic E-state index is -0.158. The Kier molecular flexibility index (Phi) is 4.61. The number of likely N-dealkylation sites (tertiary alicyclic amines) is 1. The van der Waals surface area contributed by atoms with Gasteiger partial charge in [-0.2, -0.15) is 0 Å². The first-order valence-electron chi connectivity index (χ1n) is 7.72. The smallest absolute Gasteiger partial charge is 0.123 e. The topological polar surface area (TPSA) is 16.1 Å². The summed E-state index contributed by atoms with van der Waals surface area (Å²) in [5, 5.41) is 0. The second kappa shape index (κ2) is 6.81. The highest BCUT2D eigenvalue weighted by atomic mass is 19.1. The number of piperidine rings is 1. The Labute approximate surface area is 125 Å². The molecule has 0 spiro atoms. The minimum Gasteiger partial charge on any atom is -0.296 e. The largest absolute Gasteiger partial charge is 0.296 e. The Morgan fingerprint density at radius 3 is 2.71 bits per heavy atom. The molecule has 0 unspecified atom stereocenters. The van der Waals surface area contributed by atoms with Crippen molar-refractivity contribution in [2.24, 2.45) is 0 Å². The number of halogens is 1. The van der Waals surface area contributed by atoms with Crippen molar-refractivity contribution in [2.45, 2.75) is 31.7 Å². The van der Waals surface area contributed by atoms with Gasteiger partial charge < -0.3 is 0 Å². The maximum atomic E-state index is 13.1. The van der Waals surface area contributed by atoms with Crippen LogP contribution in [0.1, 0.15) is 36.6 Å². The summed E-state index contributed by atoms with van der Waals surface area (Å²) >= 11 is 0. The number of benzene rings is 1. The predicted molar refractivity (Wildman–Crippen MR) is 82.5 cm³/mol. The van der Waals surface area contributed by atoms with Crippen LogP contribution in [0.3, 0.4) is 0 Å². The standard InChI is InChI=1S/C18H21FN2/c19-16-9-7-15(8-10-16)18-6-2-4-13-21(18)14-11-17-5-1-3-12-20-17/h1,3,5,7-10,12,18H,2,4,6,11,13-14H2/t18-/m1/s1. The van der Waals surface area contributed by atoms with Gasteiger partial charge in [-0.1, -0.05) is 24.6 Å². The third-order valence-corrected chi connectivity index (χ3v) is 4.25. The van der Waals surface area contributed by atoms with Crippen LogP contribution in [0, 0.1) is 5.82 Å². The van der Waals surface area contributed by atoms with E-state index in [1.807, 2.05) is 30.5 Å².